The Morgan fingerprint density at radius 2 is 1.92 bits per heavy atom. The van der Waals surface area contributed by atoms with Gasteiger partial charge in [0.25, 0.3) is 5.91 Å². The van der Waals surface area contributed by atoms with Crippen LogP contribution in [0.2, 0.25) is 18.6 Å². The van der Waals surface area contributed by atoms with Crippen LogP contribution in [0.1, 0.15) is 68.2 Å². The van der Waals surface area contributed by atoms with Gasteiger partial charge in [0.05, 0.1) is 37.1 Å². The fourth-order valence-corrected chi connectivity index (χ4v) is 10.8. The molecule has 3 aromatic rings. The van der Waals surface area contributed by atoms with E-state index in [0.29, 0.717) is 51.0 Å². The Bertz CT molecular complexity index is 1680. The molecule has 2 fully saturated rings. The smallest absolute Gasteiger partial charge is 0.305 e. The van der Waals surface area contributed by atoms with E-state index in [2.05, 4.69) is 10.3 Å². The van der Waals surface area contributed by atoms with Gasteiger partial charge in [-0.15, -0.1) is 5.10 Å². The Morgan fingerprint density at radius 1 is 1.14 bits per heavy atom. The molecule has 1 aromatic heterocycles. The number of aliphatic hydroxyl groups excluding tert-OH is 1. The Morgan fingerprint density at radius 3 is 2.59 bits per heavy atom. The summed E-state index contributed by atoms with van der Waals surface area (Å²) >= 11 is 0. The highest BCUT2D eigenvalue weighted by Crippen LogP contribution is 2.60. The minimum atomic E-state index is -2.91. The number of hydrogen-bond acceptors (Lipinski definition) is 9. The van der Waals surface area contributed by atoms with Crippen LogP contribution in [0, 0.1) is 5.92 Å². The zero-order valence-electron chi connectivity index (χ0n) is 28.7. The number of benzene rings is 2. The van der Waals surface area contributed by atoms with Crippen molar-refractivity contribution >= 4 is 37.5 Å². The number of unbranched alkanes of at least 4 members (excludes halogenated alkanes) is 1. The Balaban J connectivity index is 1.30. The number of fused-ring (bicyclic) bond motifs is 2. The van der Waals surface area contributed by atoms with Gasteiger partial charge in [0.1, 0.15) is 0 Å². The molecule has 2 saturated heterocycles. The van der Waals surface area contributed by atoms with Crippen molar-refractivity contribution in [3.8, 4) is 0 Å². The number of nitrogens with zero attached hydrogens (tertiary/aromatic N) is 5. The summed E-state index contributed by atoms with van der Waals surface area (Å²) in [5.41, 5.74) is 2.18. The van der Waals surface area contributed by atoms with E-state index in [9.17, 15) is 24.3 Å². The molecule has 4 heterocycles. The first-order chi connectivity index (χ1) is 23.5. The Labute approximate surface area is 288 Å². The number of rotatable bonds is 13. The third kappa shape index (κ3) is 6.56. The van der Waals surface area contributed by atoms with Crippen molar-refractivity contribution in [2.45, 2.75) is 88.3 Å². The standard InChI is InChI=1S/C36H47N5O7Si/c1-24-34(49(3,4)46)31(17-20-39-22-29(37-38-39)27(23-42)25-11-6-5-7-12-25)48-36(24)28-21-26(40-19-10-13-32(40)43)15-16-30(28)41(35(36)45)18-9-8-14-33(44)47-2/h5-7,11-12,15-16,21-22,24,27,31,34,42,46H,8-10,13-14,17-20,23H2,1-4H3/t24-,27?,31+,34-,36+/m1/s1. The highest BCUT2D eigenvalue weighted by Gasteiger charge is 2.66. The van der Waals surface area contributed by atoms with Gasteiger partial charge >= 0.3 is 5.97 Å². The summed E-state index contributed by atoms with van der Waals surface area (Å²) in [6.45, 7) is 7.15. The van der Waals surface area contributed by atoms with Crippen molar-refractivity contribution in [3.05, 3.63) is 71.5 Å². The highest BCUT2D eigenvalue weighted by molar-refractivity contribution is 6.71. The number of carbonyl (C=O) groups is 3. The van der Waals surface area contributed by atoms with Crippen molar-refractivity contribution < 1.29 is 33.8 Å². The molecule has 2 N–H and O–H groups in total. The van der Waals surface area contributed by atoms with Crippen molar-refractivity contribution in [1.82, 2.24) is 15.0 Å². The fourth-order valence-electron chi connectivity index (χ4n) is 8.18. The van der Waals surface area contributed by atoms with E-state index < -0.39 is 20.0 Å². The second-order valence-electron chi connectivity index (χ2n) is 14.0. The summed E-state index contributed by atoms with van der Waals surface area (Å²) in [5, 5.41) is 18.9. The number of aliphatic hydroxyl groups is 1. The number of esters is 1. The van der Waals surface area contributed by atoms with Gasteiger partial charge in [-0.3, -0.25) is 19.1 Å². The van der Waals surface area contributed by atoms with E-state index >= 15 is 0 Å². The highest BCUT2D eigenvalue weighted by atomic mass is 28.4. The monoisotopic (exact) mass is 689 g/mol. The summed E-state index contributed by atoms with van der Waals surface area (Å²) in [5.74, 6) is -1.07. The third-order valence-electron chi connectivity index (χ3n) is 10.5. The molecule has 2 aromatic carbocycles. The minimum absolute atomic E-state index is 0.0564. The first-order valence-corrected chi connectivity index (χ1v) is 20.3. The fraction of sp³-hybridized carbons (Fsp3) is 0.528. The number of ether oxygens (including phenoxy) is 2. The predicted molar refractivity (Wildman–Crippen MR) is 185 cm³/mol. The molecule has 6 rings (SSSR count). The van der Waals surface area contributed by atoms with Gasteiger partial charge < -0.3 is 29.2 Å². The molecule has 1 unspecified atom stereocenters. The Kier molecular flexibility index (Phi) is 10.1. The minimum Gasteiger partial charge on any atom is -0.469 e. The molecule has 0 radical (unpaired) electrons. The lowest BCUT2D eigenvalue weighted by atomic mass is 9.82. The normalized spacial score (nSPS) is 24.2. The van der Waals surface area contributed by atoms with Gasteiger partial charge in [-0.05, 0) is 62.5 Å². The van der Waals surface area contributed by atoms with Crippen LogP contribution in [-0.4, -0.2) is 83.9 Å². The van der Waals surface area contributed by atoms with Gasteiger partial charge in [0, 0.05) is 61.4 Å². The zero-order valence-corrected chi connectivity index (χ0v) is 29.7. The Hall–Kier alpha value is -3.91. The van der Waals surface area contributed by atoms with Crippen LogP contribution in [0.15, 0.2) is 54.7 Å². The lowest BCUT2D eigenvalue weighted by molar-refractivity contribution is -0.146. The zero-order chi connectivity index (χ0) is 34.9. The molecule has 5 atom stereocenters. The summed E-state index contributed by atoms with van der Waals surface area (Å²) < 4.78 is 13.5. The number of carbonyl (C=O) groups excluding carboxylic acids is 3. The van der Waals surface area contributed by atoms with E-state index in [1.54, 1.807) is 14.5 Å². The maximum atomic E-state index is 14.7. The number of methoxy groups -OCH3 is 1. The van der Waals surface area contributed by atoms with Crippen LogP contribution in [0.5, 0.6) is 0 Å². The summed E-state index contributed by atoms with van der Waals surface area (Å²) in [7, 11) is -1.54. The van der Waals surface area contributed by atoms with Gasteiger partial charge in [-0.2, -0.15) is 0 Å². The van der Waals surface area contributed by atoms with E-state index in [1.807, 2.05) is 74.7 Å². The molecule has 3 aliphatic rings. The number of anilines is 2. The quantitative estimate of drug-likeness (QED) is 0.154. The van der Waals surface area contributed by atoms with Crippen LogP contribution < -0.4 is 9.80 Å². The van der Waals surface area contributed by atoms with Crippen LogP contribution in [0.4, 0.5) is 11.4 Å². The second-order valence-corrected chi connectivity index (χ2v) is 18.0. The first kappa shape index (κ1) is 34.9. The van der Waals surface area contributed by atoms with Crippen LogP contribution in [-0.2, 0) is 36.0 Å². The summed E-state index contributed by atoms with van der Waals surface area (Å²) in [6, 6.07) is 15.4. The average molecular weight is 690 g/mol. The molecule has 1 spiro atoms. The maximum absolute atomic E-state index is 14.7. The number of hydrogen-bond donors (Lipinski definition) is 2. The van der Waals surface area contributed by atoms with E-state index in [0.717, 1.165) is 28.9 Å². The molecular formula is C36H47N5O7Si. The molecule has 0 aliphatic carbocycles. The largest absolute Gasteiger partial charge is 0.469 e. The van der Waals surface area contributed by atoms with Crippen LogP contribution in [0.25, 0.3) is 0 Å². The average Bonchev–Trinajstić information content (AvgIpc) is 3.85. The maximum Gasteiger partial charge on any atom is 0.305 e. The lowest BCUT2D eigenvalue weighted by Gasteiger charge is -2.32. The molecule has 49 heavy (non-hydrogen) atoms. The topological polar surface area (TPSA) is 147 Å². The molecule has 0 bridgehead atoms. The molecule has 0 saturated carbocycles. The van der Waals surface area contributed by atoms with Gasteiger partial charge in [0.2, 0.25) is 5.91 Å². The number of aromatic nitrogens is 3. The van der Waals surface area contributed by atoms with Gasteiger partial charge in [0.15, 0.2) is 13.9 Å². The van der Waals surface area contributed by atoms with Crippen LogP contribution >= 0.6 is 0 Å². The van der Waals surface area contributed by atoms with E-state index in [1.165, 1.54) is 7.11 Å². The van der Waals surface area contributed by atoms with Gasteiger partial charge in [-0.25, -0.2) is 0 Å². The SMILES string of the molecule is COC(=O)CCCCN1C(=O)[C@@]2(O[C@@H](CCn3cc(C(CO)c4ccccc4)nn3)[C@H]([Si](C)(C)O)[C@H]2C)c2cc(N3CCCC3=O)ccc21. The van der Waals surface area contributed by atoms with Crippen molar-refractivity contribution in [2.24, 2.45) is 5.92 Å². The summed E-state index contributed by atoms with van der Waals surface area (Å²) in [6.07, 6.45) is 4.56. The van der Waals surface area contributed by atoms with Crippen molar-refractivity contribution in [2.75, 3.05) is 36.6 Å². The summed E-state index contributed by atoms with van der Waals surface area (Å²) in [4.78, 5) is 54.5. The molecular weight excluding hydrogens is 643 g/mol. The molecule has 262 valence electrons. The number of amides is 2. The predicted octanol–water partition coefficient (Wildman–Crippen LogP) is 4.11. The third-order valence-corrected chi connectivity index (χ3v) is 13.0. The van der Waals surface area contributed by atoms with Crippen molar-refractivity contribution in [3.63, 3.8) is 0 Å². The lowest BCUT2D eigenvalue weighted by Crippen LogP contribution is -2.46. The van der Waals surface area contributed by atoms with E-state index in [4.69, 9.17) is 9.47 Å². The van der Waals surface area contributed by atoms with Gasteiger partial charge in [-0.1, -0.05) is 42.5 Å². The van der Waals surface area contributed by atoms with Crippen molar-refractivity contribution in [1.29, 1.82) is 0 Å². The second kappa shape index (κ2) is 14.1. The number of aryl methyl sites for hydroxylation is 1. The molecule has 13 heteroatoms. The molecule has 2 amide bonds. The van der Waals surface area contributed by atoms with Crippen LogP contribution in [0.3, 0.4) is 0 Å². The first-order valence-electron chi connectivity index (χ1n) is 17.3. The molecule has 3 aliphatic heterocycles. The van der Waals surface area contributed by atoms with E-state index in [-0.39, 0.29) is 48.2 Å². The molecule has 12 nitrogen and oxygen atoms in total.